The number of carboxylic acid groups (broad SMARTS) is 1. The summed E-state index contributed by atoms with van der Waals surface area (Å²) in [6.07, 6.45) is 1.80. The van der Waals surface area contributed by atoms with Crippen LogP contribution < -0.4 is 5.32 Å². The summed E-state index contributed by atoms with van der Waals surface area (Å²) in [5.41, 5.74) is 0.135. The Morgan fingerprint density at radius 3 is 2.58 bits per heavy atom. The Morgan fingerprint density at radius 1 is 1.37 bits per heavy atom. The zero-order valence-corrected chi connectivity index (χ0v) is 10.8. The Labute approximate surface area is 111 Å². The lowest BCUT2D eigenvalue weighted by Crippen LogP contribution is -2.59. The second-order valence-corrected chi connectivity index (χ2v) is 4.79. The van der Waals surface area contributed by atoms with Crippen LogP contribution >= 0.6 is 0 Å². The summed E-state index contributed by atoms with van der Waals surface area (Å²) in [7, 11) is 1.55. The van der Waals surface area contributed by atoms with Crippen molar-refractivity contribution in [2.24, 2.45) is 0 Å². The maximum atomic E-state index is 12.2. The second kappa shape index (κ2) is 5.40. The van der Waals surface area contributed by atoms with E-state index in [9.17, 15) is 14.7 Å². The molecule has 1 fully saturated rings. The number of rotatable bonds is 5. The number of benzene rings is 1. The van der Waals surface area contributed by atoms with Gasteiger partial charge < -0.3 is 15.2 Å². The van der Waals surface area contributed by atoms with Gasteiger partial charge in [0, 0.05) is 12.7 Å². The third-order valence-corrected chi connectivity index (χ3v) is 3.53. The maximum absolute atomic E-state index is 12.2. The number of nitrogens with one attached hydrogen (secondary N) is 1. The Bertz CT molecular complexity index is 494. The Morgan fingerprint density at radius 2 is 2.05 bits per heavy atom. The first-order valence-electron chi connectivity index (χ1n) is 6.22. The highest BCUT2D eigenvalue weighted by molar-refractivity contribution is 5.99. The van der Waals surface area contributed by atoms with Crippen LogP contribution in [0.2, 0.25) is 0 Å². The number of hydrogen-bond donors (Lipinski definition) is 2. The average molecular weight is 263 g/mol. The monoisotopic (exact) mass is 263 g/mol. The highest BCUT2D eigenvalue weighted by atomic mass is 16.5. The molecule has 0 aliphatic heterocycles. The molecule has 2 rings (SSSR count). The van der Waals surface area contributed by atoms with Gasteiger partial charge in [0.25, 0.3) is 5.91 Å². The predicted molar refractivity (Wildman–Crippen MR) is 68.8 cm³/mol. The Hall–Kier alpha value is -1.88. The summed E-state index contributed by atoms with van der Waals surface area (Å²) in [4.78, 5) is 23.5. The summed E-state index contributed by atoms with van der Waals surface area (Å²) in [6, 6.07) is 7.05. The zero-order chi connectivity index (χ0) is 13.9. The molecule has 0 radical (unpaired) electrons. The number of hydrogen-bond acceptors (Lipinski definition) is 3. The second-order valence-electron chi connectivity index (χ2n) is 4.79. The number of carbonyl (C=O) groups is 2. The van der Waals surface area contributed by atoms with E-state index in [0.29, 0.717) is 25.0 Å². The van der Waals surface area contributed by atoms with E-state index in [0.717, 1.165) is 12.0 Å². The number of aliphatic carboxylic acids is 1. The summed E-state index contributed by atoms with van der Waals surface area (Å²) in [5.74, 6) is -1.31. The van der Waals surface area contributed by atoms with E-state index in [4.69, 9.17) is 4.74 Å². The van der Waals surface area contributed by atoms with Gasteiger partial charge in [-0.2, -0.15) is 0 Å². The van der Waals surface area contributed by atoms with Crippen molar-refractivity contribution in [3.05, 3.63) is 35.4 Å². The number of methoxy groups -OCH3 is 1. The van der Waals surface area contributed by atoms with Gasteiger partial charge in [0.15, 0.2) is 0 Å². The lowest BCUT2D eigenvalue weighted by atomic mass is 9.76. The van der Waals surface area contributed by atoms with Gasteiger partial charge in [-0.15, -0.1) is 0 Å². The van der Waals surface area contributed by atoms with Crippen LogP contribution in [-0.2, 0) is 16.1 Å². The number of ether oxygens (including phenoxy) is 1. The molecule has 1 aromatic rings. The van der Waals surface area contributed by atoms with E-state index in [-0.39, 0.29) is 5.91 Å². The summed E-state index contributed by atoms with van der Waals surface area (Å²) in [6.45, 7) is 0.323. The van der Waals surface area contributed by atoms with Gasteiger partial charge in [-0.05, 0) is 30.9 Å². The van der Waals surface area contributed by atoms with Crippen LogP contribution in [0.1, 0.15) is 35.2 Å². The van der Waals surface area contributed by atoms with Crippen molar-refractivity contribution in [3.8, 4) is 0 Å². The minimum absolute atomic E-state index is 0.323. The number of carboxylic acids is 1. The molecule has 1 saturated carbocycles. The van der Waals surface area contributed by atoms with Gasteiger partial charge in [0.05, 0.1) is 6.61 Å². The fourth-order valence-electron chi connectivity index (χ4n) is 2.23. The molecular formula is C14H17NO4. The van der Waals surface area contributed by atoms with Crippen LogP contribution in [-0.4, -0.2) is 29.6 Å². The lowest BCUT2D eigenvalue weighted by molar-refractivity contribution is -0.148. The molecule has 1 aromatic carbocycles. The normalized spacial score (nSPS) is 16.5. The zero-order valence-electron chi connectivity index (χ0n) is 10.8. The van der Waals surface area contributed by atoms with Gasteiger partial charge in [0.1, 0.15) is 5.54 Å². The molecule has 0 heterocycles. The molecular weight excluding hydrogens is 246 g/mol. The first-order chi connectivity index (χ1) is 9.09. The molecule has 0 bridgehead atoms. The molecule has 0 aromatic heterocycles. The SMILES string of the molecule is COCc1ccccc1C(=O)NC1(C(=O)O)CCC1. The average Bonchev–Trinajstić information content (AvgIpc) is 2.34. The maximum Gasteiger partial charge on any atom is 0.329 e. The van der Waals surface area contributed by atoms with Crippen molar-refractivity contribution in [2.75, 3.05) is 7.11 Å². The molecule has 0 saturated heterocycles. The summed E-state index contributed by atoms with van der Waals surface area (Å²) < 4.78 is 5.04. The van der Waals surface area contributed by atoms with Gasteiger partial charge in [0.2, 0.25) is 0 Å². The fourth-order valence-corrected chi connectivity index (χ4v) is 2.23. The van der Waals surface area contributed by atoms with Crippen LogP contribution in [0.25, 0.3) is 0 Å². The quantitative estimate of drug-likeness (QED) is 0.845. The highest BCUT2D eigenvalue weighted by Gasteiger charge is 2.45. The summed E-state index contributed by atoms with van der Waals surface area (Å²) >= 11 is 0. The van der Waals surface area contributed by atoms with E-state index in [1.807, 2.05) is 6.07 Å². The Kier molecular flexibility index (Phi) is 3.85. The standard InChI is InChI=1S/C14H17NO4/c1-19-9-10-5-2-3-6-11(10)12(16)15-14(13(17)18)7-4-8-14/h2-3,5-6H,4,7-9H2,1H3,(H,15,16)(H,17,18). The molecule has 2 N–H and O–H groups in total. The molecule has 0 atom stereocenters. The van der Waals surface area contributed by atoms with E-state index >= 15 is 0 Å². The molecule has 1 aliphatic carbocycles. The third kappa shape index (κ3) is 2.61. The fraction of sp³-hybridized carbons (Fsp3) is 0.429. The van der Waals surface area contributed by atoms with Gasteiger partial charge in [-0.25, -0.2) is 4.79 Å². The van der Waals surface area contributed by atoms with Crippen molar-refractivity contribution >= 4 is 11.9 Å². The van der Waals surface area contributed by atoms with E-state index in [2.05, 4.69) is 5.32 Å². The number of amides is 1. The van der Waals surface area contributed by atoms with Crippen LogP contribution in [0.4, 0.5) is 0 Å². The van der Waals surface area contributed by atoms with E-state index in [1.165, 1.54) is 0 Å². The molecule has 102 valence electrons. The predicted octanol–water partition coefficient (Wildman–Crippen LogP) is 1.57. The van der Waals surface area contributed by atoms with Crippen LogP contribution in [0, 0.1) is 0 Å². The van der Waals surface area contributed by atoms with Crippen LogP contribution in [0.3, 0.4) is 0 Å². The van der Waals surface area contributed by atoms with Crippen molar-refractivity contribution in [3.63, 3.8) is 0 Å². The smallest absolute Gasteiger partial charge is 0.329 e. The molecule has 1 amide bonds. The van der Waals surface area contributed by atoms with E-state index in [1.54, 1.807) is 25.3 Å². The third-order valence-electron chi connectivity index (χ3n) is 3.53. The van der Waals surface area contributed by atoms with E-state index < -0.39 is 11.5 Å². The molecule has 1 aliphatic rings. The van der Waals surface area contributed by atoms with Gasteiger partial charge in [-0.3, -0.25) is 4.79 Å². The molecule has 5 nitrogen and oxygen atoms in total. The highest BCUT2D eigenvalue weighted by Crippen LogP contribution is 2.32. The van der Waals surface area contributed by atoms with Gasteiger partial charge in [-0.1, -0.05) is 18.2 Å². The number of carbonyl (C=O) groups excluding carboxylic acids is 1. The van der Waals surface area contributed by atoms with Crippen molar-refractivity contribution in [1.29, 1.82) is 0 Å². The van der Waals surface area contributed by atoms with Crippen LogP contribution in [0.5, 0.6) is 0 Å². The first-order valence-corrected chi connectivity index (χ1v) is 6.22. The molecule has 0 unspecified atom stereocenters. The van der Waals surface area contributed by atoms with Crippen molar-refractivity contribution < 1.29 is 19.4 Å². The summed E-state index contributed by atoms with van der Waals surface area (Å²) in [5, 5.41) is 11.9. The molecule has 5 heteroatoms. The van der Waals surface area contributed by atoms with Crippen molar-refractivity contribution in [1.82, 2.24) is 5.32 Å². The van der Waals surface area contributed by atoms with Crippen LogP contribution in [0.15, 0.2) is 24.3 Å². The molecule has 0 spiro atoms. The minimum Gasteiger partial charge on any atom is -0.480 e. The minimum atomic E-state index is -1.09. The van der Waals surface area contributed by atoms with Gasteiger partial charge >= 0.3 is 5.97 Å². The topological polar surface area (TPSA) is 75.6 Å². The lowest BCUT2D eigenvalue weighted by Gasteiger charge is -2.38. The first kappa shape index (κ1) is 13.5. The Balaban J connectivity index is 2.18. The molecule has 19 heavy (non-hydrogen) atoms. The van der Waals surface area contributed by atoms with Crippen molar-refractivity contribution in [2.45, 2.75) is 31.4 Å². The largest absolute Gasteiger partial charge is 0.480 e.